The molecule has 0 radical (unpaired) electrons. The summed E-state index contributed by atoms with van der Waals surface area (Å²) in [7, 11) is 0. The highest BCUT2D eigenvalue weighted by molar-refractivity contribution is 9.10. The van der Waals surface area contributed by atoms with Crippen LogP contribution in [0.1, 0.15) is 79.4 Å². The molecule has 13 heteroatoms. The van der Waals surface area contributed by atoms with Gasteiger partial charge in [-0.2, -0.15) is 19.2 Å². The van der Waals surface area contributed by atoms with Crippen molar-refractivity contribution in [2.75, 3.05) is 0 Å². The molecule has 0 saturated heterocycles. The zero-order chi connectivity index (χ0) is 49.3. The van der Waals surface area contributed by atoms with E-state index >= 15 is 0 Å². The van der Waals surface area contributed by atoms with Crippen molar-refractivity contribution >= 4 is 49.3 Å². The number of aryl methyl sites for hydroxylation is 3. The van der Waals surface area contributed by atoms with Crippen LogP contribution < -0.4 is 11.5 Å². The first kappa shape index (κ1) is 45.1. The van der Waals surface area contributed by atoms with Gasteiger partial charge in [0.15, 0.2) is 22.6 Å². The minimum absolute atomic E-state index is 0.431. The number of nitrogens with two attached hydrogens (primary N) is 2. The summed E-state index contributed by atoms with van der Waals surface area (Å²) < 4.78 is 4.54. The van der Waals surface area contributed by atoms with E-state index in [1.54, 1.807) is 0 Å². The van der Waals surface area contributed by atoms with Gasteiger partial charge < -0.3 is 21.7 Å². The fraction of sp³-hybridized carbons (Fsp3) is 0.288. The smallest absolute Gasteiger partial charge is 0.172 e. The van der Waals surface area contributed by atoms with Gasteiger partial charge in [0.05, 0.1) is 38.5 Å². The van der Waals surface area contributed by atoms with Crippen molar-refractivity contribution in [2.45, 2.75) is 94.4 Å². The molecular weight excluding hydrogens is 961 g/mol. The first-order valence-electron chi connectivity index (χ1n) is 25.0. The van der Waals surface area contributed by atoms with E-state index in [1.807, 2.05) is 78.6 Å². The summed E-state index contributed by atoms with van der Waals surface area (Å²) in [6.07, 6.45) is 10.8. The molecule has 4 aliphatic carbocycles. The predicted molar refractivity (Wildman–Crippen MR) is 286 cm³/mol. The Kier molecular flexibility index (Phi) is 10.3. The third kappa shape index (κ3) is 7.46. The van der Waals surface area contributed by atoms with E-state index < -0.39 is 22.3 Å². The van der Waals surface area contributed by atoms with Crippen molar-refractivity contribution in [2.24, 2.45) is 23.3 Å². The molecule has 4 saturated carbocycles. The molecule has 0 aliphatic heterocycles. The summed E-state index contributed by atoms with van der Waals surface area (Å²) in [4.78, 5) is 19.6. The molecule has 4 fully saturated rings. The van der Waals surface area contributed by atoms with Crippen LogP contribution in [0.4, 0.5) is 0 Å². The summed E-state index contributed by atoms with van der Waals surface area (Å²) in [5, 5.41) is 33.0. The zero-order valence-corrected chi connectivity index (χ0v) is 42.1. The van der Waals surface area contributed by atoms with E-state index in [2.05, 4.69) is 116 Å². The second-order valence-electron chi connectivity index (χ2n) is 21.4. The Morgan fingerprint density at radius 3 is 1.35 bits per heavy atom. The highest BCUT2D eigenvalue weighted by Crippen LogP contribution is 2.58. The molecule has 6 N–H and O–H groups in total. The lowest BCUT2D eigenvalue weighted by Crippen LogP contribution is -2.60. The average molecular weight is 1020 g/mol. The Hall–Kier alpha value is -6.74. The maximum Gasteiger partial charge on any atom is 0.172 e. The molecule has 10 aromatic rings. The molecule has 6 heterocycles. The molecule has 14 rings (SSSR count). The van der Waals surface area contributed by atoms with E-state index in [4.69, 9.17) is 26.5 Å². The molecule has 6 aromatic heterocycles. The number of fused-ring (bicyclic) bond motifs is 6. The Bertz CT molecular complexity index is 3510. The molecule has 4 aromatic carbocycles. The number of hydrogen-bond acceptors (Lipinski definition) is 10. The largest absolute Gasteiger partial charge is 0.389 e. The monoisotopic (exact) mass is 1010 g/mol. The summed E-state index contributed by atoms with van der Waals surface area (Å²) in [5.41, 5.74) is 27.6. The van der Waals surface area contributed by atoms with Crippen LogP contribution in [0.25, 0.3) is 78.1 Å². The van der Waals surface area contributed by atoms with Gasteiger partial charge in [0.25, 0.3) is 0 Å². The number of nitrogens with zero attached hydrogens (tertiary/aromatic N) is 8. The molecule has 72 heavy (non-hydrogen) atoms. The lowest BCUT2D eigenvalue weighted by Gasteiger charge is -2.52. The predicted octanol–water partition coefficient (Wildman–Crippen LogP) is 11.1. The number of aromatic nitrogens is 8. The topological polar surface area (TPSA) is 179 Å². The van der Waals surface area contributed by atoms with Crippen molar-refractivity contribution in [3.8, 4) is 44.8 Å². The molecule has 0 unspecified atom stereocenters. The van der Waals surface area contributed by atoms with Gasteiger partial charge in [-0.3, -0.25) is 0 Å². The van der Waals surface area contributed by atoms with Crippen LogP contribution in [0.2, 0.25) is 0 Å². The first-order valence-corrected chi connectivity index (χ1v) is 25.8. The Morgan fingerprint density at radius 2 is 0.917 bits per heavy atom. The van der Waals surface area contributed by atoms with E-state index in [1.165, 1.54) is 0 Å². The number of halogens is 1. The van der Waals surface area contributed by atoms with Crippen molar-refractivity contribution in [1.29, 1.82) is 0 Å². The fourth-order valence-electron chi connectivity index (χ4n) is 11.8. The van der Waals surface area contributed by atoms with Gasteiger partial charge in [-0.1, -0.05) is 109 Å². The second kappa shape index (κ2) is 16.4. The summed E-state index contributed by atoms with van der Waals surface area (Å²) >= 11 is 3.61. The standard InChI is InChI=1S/C30H29N5O.C29H26BrN5O/c1-18-19(2)34-35-27(18)32-15-22-14-25(20-6-4-3-5-7-20)26(33-28(22)35)21-8-10-23(11-9-21)29(31)16-30(36,17-29)24-12-13-24;1-17-24(30)27-32-14-20-13-23(18-5-3-2-4-6-18)25(33-26(20)35(27)34-17)19-7-9-21(10-8-19)28(31)15-29(36,16-28)22-11-12-22/h3-11,14-15,24,36H,12-13,16-17,31H2,1-2H3;2-10,13-14,22,36H,11-12,15-16,31H2,1H3. The minimum Gasteiger partial charge on any atom is -0.389 e. The number of aliphatic hydroxyl groups is 2. The Balaban J connectivity index is 0.000000140. The second-order valence-corrected chi connectivity index (χ2v) is 22.1. The number of benzene rings is 4. The van der Waals surface area contributed by atoms with Crippen molar-refractivity contribution < 1.29 is 10.2 Å². The normalized spacial score (nSPS) is 23.8. The van der Waals surface area contributed by atoms with Crippen LogP contribution >= 0.6 is 15.9 Å². The van der Waals surface area contributed by atoms with Crippen LogP contribution in [0.5, 0.6) is 0 Å². The summed E-state index contributed by atoms with van der Waals surface area (Å²) in [6.45, 7) is 6.00. The molecule has 0 spiro atoms. The number of pyridine rings is 2. The molecule has 0 atom stereocenters. The lowest BCUT2D eigenvalue weighted by molar-refractivity contribution is -0.107. The van der Waals surface area contributed by atoms with Gasteiger partial charge in [-0.25, -0.2) is 19.9 Å². The fourth-order valence-corrected chi connectivity index (χ4v) is 12.2. The van der Waals surface area contributed by atoms with Crippen LogP contribution in [-0.4, -0.2) is 60.6 Å². The molecule has 0 amide bonds. The van der Waals surface area contributed by atoms with Gasteiger partial charge in [-0.15, -0.1) is 0 Å². The van der Waals surface area contributed by atoms with E-state index in [9.17, 15) is 10.2 Å². The molecule has 4 aliphatic rings. The Morgan fingerprint density at radius 1 is 0.514 bits per heavy atom. The summed E-state index contributed by atoms with van der Waals surface area (Å²) in [5.74, 6) is 0.866. The van der Waals surface area contributed by atoms with Gasteiger partial charge in [0, 0.05) is 62.1 Å². The molecule has 0 bridgehead atoms. The van der Waals surface area contributed by atoms with Crippen LogP contribution in [0, 0.1) is 32.6 Å². The third-order valence-corrected chi connectivity index (χ3v) is 17.1. The van der Waals surface area contributed by atoms with Gasteiger partial charge >= 0.3 is 0 Å². The third-order valence-electron chi connectivity index (χ3n) is 16.2. The highest BCUT2D eigenvalue weighted by Gasteiger charge is 2.60. The van der Waals surface area contributed by atoms with Crippen LogP contribution in [0.15, 0.2) is 138 Å². The van der Waals surface area contributed by atoms with Gasteiger partial charge in [0.1, 0.15) is 0 Å². The van der Waals surface area contributed by atoms with Crippen molar-refractivity contribution in [1.82, 2.24) is 39.2 Å². The quantitative estimate of drug-likeness (QED) is 0.114. The number of rotatable bonds is 8. The van der Waals surface area contributed by atoms with Crippen molar-refractivity contribution in [3.63, 3.8) is 0 Å². The first-order chi connectivity index (χ1) is 34.7. The lowest BCUT2D eigenvalue weighted by atomic mass is 9.60. The zero-order valence-electron chi connectivity index (χ0n) is 40.5. The van der Waals surface area contributed by atoms with Crippen molar-refractivity contribution in [3.05, 3.63) is 166 Å². The maximum absolute atomic E-state index is 10.8. The van der Waals surface area contributed by atoms with E-state index in [0.29, 0.717) is 37.5 Å². The minimum atomic E-state index is -0.580. The van der Waals surface area contributed by atoms with Crippen LogP contribution in [0.3, 0.4) is 0 Å². The molecule has 12 nitrogen and oxygen atoms in total. The maximum atomic E-state index is 10.8. The van der Waals surface area contributed by atoms with Gasteiger partial charge in [0.2, 0.25) is 0 Å². The van der Waals surface area contributed by atoms with Crippen LogP contribution in [-0.2, 0) is 11.1 Å². The van der Waals surface area contributed by atoms with E-state index in [-0.39, 0.29) is 0 Å². The highest BCUT2D eigenvalue weighted by atomic mass is 79.9. The number of hydrogen-bond donors (Lipinski definition) is 4. The average Bonchev–Trinajstić information content (AvgIpc) is 4.33. The summed E-state index contributed by atoms with van der Waals surface area (Å²) in [6, 6.07) is 41.7. The SMILES string of the molecule is Cc1nn2c(ncc3cc(-c4ccccc4)c(-c4ccc(C5(N)CC(O)(C6CC6)C5)cc4)nc32)c1Br.Cc1nn2c(ncc3cc(-c4ccccc4)c(-c4ccc(C5(N)CC(O)(C6CC6)C5)cc4)nc32)c1C. The van der Waals surface area contributed by atoms with Gasteiger partial charge in [-0.05, 0) is 134 Å². The Labute approximate surface area is 425 Å². The molecule has 360 valence electrons. The van der Waals surface area contributed by atoms with E-state index in [0.717, 1.165) is 136 Å². The molecular formula is C59H55BrN10O2.